The van der Waals surface area contributed by atoms with Gasteiger partial charge in [0.15, 0.2) is 6.61 Å². The third-order valence-corrected chi connectivity index (χ3v) is 4.67. The maximum absolute atomic E-state index is 12.1. The van der Waals surface area contributed by atoms with Gasteiger partial charge in [-0.25, -0.2) is 0 Å². The summed E-state index contributed by atoms with van der Waals surface area (Å²) >= 11 is 0. The fraction of sp³-hybridized carbons (Fsp3) is 0.125. The van der Waals surface area contributed by atoms with Crippen molar-refractivity contribution in [3.63, 3.8) is 0 Å². The zero-order chi connectivity index (χ0) is 20.8. The number of aromatic nitrogens is 2. The summed E-state index contributed by atoms with van der Waals surface area (Å²) in [6.07, 6.45) is 0. The van der Waals surface area contributed by atoms with Crippen LogP contribution in [-0.2, 0) is 11.3 Å². The van der Waals surface area contributed by atoms with E-state index < -0.39 is 0 Å². The van der Waals surface area contributed by atoms with E-state index in [1.165, 1.54) is 0 Å². The molecule has 0 unspecified atom stereocenters. The molecule has 6 heteroatoms. The van der Waals surface area contributed by atoms with Crippen LogP contribution in [0.5, 0.6) is 5.75 Å². The Morgan fingerprint density at radius 2 is 1.67 bits per heavy atom. The van der Waals surface area contributed by atoms with Crippen molar-refractivity contribution < 1.29 is 14.1 Å². The zero-order valence-corrected chi connectivity index (χ0v) is 16.5. The molecule has 0 bridgehead atoms. The molecule has 150 valence electrons. The summed E-state index contributed by atoms with van der Waals surface area (Å²) < 4.78 is 10.9. The average Bonchev–Trinajstić information content (AvgIpc) is 3.28. The fourth-order valence-electron chi connectivity index (χ4n) is 2.94. The van der Waals surface area contributed by atoms with Crippen molar-refractivity contribution in [2.24, 2.45) is 0 Å². The maximum Gasteiger partial charge on any atom is 0.258 e. The van der Waals surface area contributed by atoms with Gasteiger partial charge in [0.2, 0.25) is 5.82 Å². The molecule has 30 heavy (non-hydrogen) atoms. The molecular weight excluding hydrogens is 378 g/mol. The van der Waals surface area contributed by atoms with Crippen molar-refractivity contribution >= 4 is 5.91 Å². The van der Waals surface area contributed by atoms with Gasteiger partial charge in [0.05, 0.1) is 0 Å². The summed E-state index contributed by atoms with van der Waals surface area (Å²) in [7, 11) is 0. The van der Waals surface area contributed by atoms with Crippen LogP contribution >= 0.6 is 0 Å². The van der Waals surface area contributed by atoms with E-state index in [9.17, 15) is 4.79 Å². The minimum atomic E-state index is -0.174. The zero-order valence-electron chi connectivity index (χ0n) is 16.5. The molecule has 1 amide bonds. The molecule has 1 aromatic heterocycles. The number of benzene rings is 3. The van der Waals surface area contributed by atoms with Crippen LogP contribution in [0.15, 0.2) is 83.4 Å². The molecule has 1 heterocycles. The van der Waals surface area contributed by atoms with E-state index in [0.29, 0.717) is 24.0 Å². The largest absolute Gasteiger partial charge is 0.484 e. The highest BCUT2D eigenvalue weighted by Crippen LogP contribution is 2.24. The number of nitrogens with zero attached hydrogens (tertiary/aromatic N) is 2. The van der Waals surface area contributed by atoms with Crippen LogP contribution in [0.4, 0.5) is 0 Å². The molecule has 1 N–H and O–H groups in total. The first kappa shape index (κ1) is 19.4. The first-order chi connectivity index (χ1) is 14.7. The minimum Gasteiger partial charge on any atom is -0.484 e. The number of amides is 1. The Morgan fingerprint density at radius 1 is 0.933 bits per heavy atom. The smallest absolute Gasteiger partial charge is 0.258 e. The van der Waals surface area contributed by atoms with Gasteiger partial charge in [-0.05, 0) is 42.3 Å². The second-order valence-electron chi connectivity index (χ2n) is 6.81. The van der Waals surface area contributed by atoms with Crippen LogP contribution in [0, 0.1) is 6.92 Å². The number of ether oxygens (including phenoxy) is 1. The molecule has 0 saturated heterocycles. The summed E-state index contributed by atoms with van der Waals surface area (Å²) in [5.74, 6) is 1.38. The molecule has 0 aliphatic carbocycles. The molecule has 4 rings (SSSR count). The molecule has 0 spiro atoms. The number of carbonyl (C=O) groups excluding carboxylic acids is 1. The first-order valence-electron chi connectivity index (χ1n) is 9.62. The number of hydrogen-bond acceptors (Lipinski definition) is 5. The Bertz CT molecular complexity index is 1120. The van der Waals surface area contributed by atoms with E-state index in [1.54, 1.807) is 12.1 Å². The van der Waals surface area contributed by atoms with Gasteiger partial charge in [-0.1, -0.05) is 59.8 Å². The van der Waals surface area contributed by atoms with Crippen molar-refractivity contribution in [1.29, 1.82) is 0 Å². The summed E-state index contributed by atoms with van der Waals surface area (Å²) in [5, 5.41) is 6.89. The number of nitrogens with one attached hydrogen (secondary N) is 1. The van der Waals surface area contributed by atoms with E-state index in [1.807, 2.05) is 73.7 Å². The fourth-order valence-corrected chi connectivity index (χ4v) is 2.94. The molecule has 0 aliphatic rings. The van der Waals surface area contributed by atoms with Gasteiger partial charge in [-0.15, -0.1) is 0 Å². The molecule has 4 aromatic rings. The van der Waals surface area contributed by atoms with Crippen LogP contribution < -0.4 is 10.1 Å². The van der Waals surface area contributed by atoms with Gasteiger partial charge in [0, 0.05) is 17.7 Å². The van der Waals surface area contributed by atoms with Crippen molar-refractivity contribution in [2.45, 2.75) is 13.5 Å². The predicted octanol–water partition coefficient (Wildman–Crippen LogP) is 4.41. The first-order valence-corrected chi connectivity index (χ1v) is 9.62. The van der Waals surface area contributed by atoms with E-state index in [4.69, 9.17) is 9.26 Å². The second-order valence-corrected chi connectivity index (χ2v) is 6.81. The van der Waals surface area contributed by atoms with Gasteiger partial charge >= 0.3 is 0 Å². The van der Waals surface area contributed by atoms with Gasteiger partial charge in [-0.3, -0.25) is 4.79 Å². The van der Waals surface area contributed by atoms with E-state index in [0.717, 1.165) is 22.3 Å². The lowest BCUT2D eigenvalue weighted by molar-refractivity contribution is -0.123. The lowest BCUT2D eigenvalue weighted by Crippen LogP contribution is -2.28. The summed E-state index contributed by atoms with van der Waals surface area (Å²) in [6, 6.07) is 24.8. The average molecular weight is 399 g/mol. The van der Waals surface area contributed by atoms with E-state index in [-0.39, 0.29) is 12.5 Å². The molecule has 0 fully saturated rings. The van der Waals surface area contributed by atoms with E-state index in [2.05, 4.69) is 15.5 Å². The lowest BCUT2D eigenvalue weighted by Gasteiger charge is -2.09. The number of hydrogen-bond donors (Lipinski definition) is 1. The Balaban J connectivity index is 1.31. The Morgan fingerprint density at radius 3 is 2.43 bits per heavy atom. The number of carbonyl (C=O) groups is 1. The Hall–Kier alpha value is -3.93. The maximum atomic E-state index is 12.1. The highest BCUT2D eigenvalue weighted by molar-refractivity contribution is 5.77. The van der Waals surface area contributed by atoms with Gasteiger partial charge in [0.25, 0.3) is 11.8 Å². The third-order valence-electron chi connectivity index (χ3n) is 4.67. The summed E-state index contributed by atoms with van der Waals surface area (Å²) in [6.45, 7) is 2.45. The summed E-state index contributed by atoms with van der Waals surface area (Å²) in [5.41, 5.74) is 3.90. The van der Waals surface area contributed by atoms with Gasteiger partial charge in [-0.2, -0.15) is 4.98 Å². The third kappa shape index (κ3) is 4.72. The van der Waals surface area contributed by atoms with Gasteiger partial charge in [0.1, 0.15) is 5.75 Å². The highest BCUT2D eigenvalue weighted by atomic mass is 16.5. The van der Waals surface area contributed by atoms with Crippen LogP contribution in [0.25, 0.3) is 22.8 Å². The topological polar surface area (TPSA) is 77.2 Å². The van der Waals surface area contributed by atoms with Crippen molar-refractivity contribution in [3.05, 3.63) is 90.0 Å². The molecule has 0 atom stereocenters. The molecule has 0 aliphatic heterocycles. The minimum absolute atomic E-state index is 0.0516. The van der Waals surface area contributed by atoms with Crippen molar-refractivity contribution in [1.82, 2.24) is 15.5 Å². The second kappa shape index (κ2) is 9.05. The Labute approximate surface area is 174 Å². The number of aryl methyl sites for hydroxylation is 1. The van der Waals surface area contributed by atoms with Crippen LogP contribution in [0.2, 0.25) is 0 Å². The molecular formula is C24H21N3O3. The van der Waals surface area contributed by atoms with Crippen LogP contribution in [0.1, 0.15) is 11.1 Å². The van der Waals surface area contributed by atoms with Crippen LogP contribution in [-0.4, -0.2) is 22.7 Å². The molecule has 3 aromatic carbocycles. The van der Waals surface area contributed by atoms with Crippen LogP contribution in [0.3, 0.4) is 0 Å². The predicted molar refractivity (Wildman–Crippen MR) is 114 cm³/mol. The monoisotopic (exact) mass is 399 g/mol. The SMILES string of the molecule is Cc1ccccc1CNC(=O)COc1ccc(-c2nc(-c3ccccc3)no2)cc1. The normalized spacial score (nSPS) is 10.6. The Kier molecular flexibility index (Phi) is 5.85. The van der Waals surface area contributed by atoms with Crippen molar-refractivity contribution in [2.75, 3.05) is 6.61 Å². The van der Waals surface area contributed by atoms with E-state index >= 15 is 0 Å². The molecule has 0 saturated carbocycles. The number of rotatable bonds is 7. The lowest BCUT2D eigenvalue weighted by atomic mass is 10.1. The quantitative estimate of drug-likeness (QED) is 0.498. The van der Waals surface area contributed by atoms with Gasteiger partial charge < -0.3 is 14.6 Å². The molecule has 0 radical (unpaired) electrons. The van der Waals surface area contributed by atoms with Crippen molar-refractivity contribution in [3.8, 4) is 28.6 Å². The molecule has 6 nitrogen and oxygen atoms in total. The summed E-state index contributed by atoms with van der Waals surface area (Å²) in [4.78, 5) is 16.5. The highest BCUT2D eigenvalue weighted by Gasteiger charge is 2.11. The standard InChI is InChI=1S/C24H21N3O3/c1-17-7-5-6-10-20(17)15-25-22(28)16-29-21-13-11-19(12-14-21)24-26-23(27-30-24)18-8-3-2-4-9-18/h2-14H,15-16H2,1H3,(H,25,28).